The zero-order chi connectivity index (χ0) is 78.8. The lowest BCUT2D eigenvalue weighted by molar-refractivity contribution is 0.589. The molecule has 3 heteroatoms. The summed E-state index contributed by atoms with van der Waals surface area (Å²) in [5, 5.41) is 2.54. The average Bonchev–Trinajstić information content (AvgIpc) is 0.811. The van der Waals surface area contributed by atoms with Gasteiger partial charge in [-0.3, -0.25) is 0 Å². The molecule has 0 bridgehead atoms. The molecule has 0 N–H and O–H groups in total. The molecule has 1 atom stereocenters. The number of anilines is 6. The van der Waals surface area contributed by atoms with Crippen LogP contribution in [0.1, 0.15) is 241 Å². The Kier molecular flexibility index (Phi) is 17.5. The first-order valence-electron chi connectivity index (χ1n) is 41.0. The first-order valence-corrected chi connectivity index (χ1v) is 41.0. The fourth-order valence-electron chi connectivity index (χ4n) is 18.3. The lowest BCUT2D eigenvalue weighted by Gasteiger charge is -2.47. The van der Waals surface area contributed by atoms with E-state index in [2.05, 4.69) is 427 Å². The van der Waals surface area contributed by atoms with Crippen molar-refractivity contribution in [1.82, 2.24) is 4.57 Å². The summed E-state index contributed by atoms with van der Waals surface area (Å²) in [4.78, 5) is 5.53. The van der Waals surface area contributed by atoms with Gasteiger partial charge in [0, 0.05) is 56.1 Å². The van der Waals surface area contributed by atoms with Gasteiger partial charge in [-0.05, 0) is 199 Å². The van der Waals surface area contributed by atoms with Crippen LogP contribution in [0.3, 0.4) is 0 Å². The third kappa shape index (κ3) is 12.8. The highest BCUT2D eigenvalue weighted by atomic mass is 15.2. The fraction of sp³-hybridized carbons (Fsp3) is 0.284. The molecule has 1 aliphatic carbocycles. The highest BCUT2D eigenvalue weighted by molar-refractivity contribution is 6.11. The Bertz CT molecular complexity index is 5770. The van der Waals surface area contributed by atoms with Crippen molar-refractivity contribution in [3.63, 3.8) is 0 Å². The number of aromatic nitrogens is 1. The Labute approximate surface area is 668 Å². The molecule has 112 heavy (non-hydrogen) atoms. The van der Waals surface area contributed by atoms with Gasteiger partial charge in [-0.15, -0.1) is 0 Å². The number of fused-ring (bicyclic) bond motifs is 9. The minimum atomic E-state index is -0.324. The van der Waals surface area contributed by atoms with Crippen LogP contribution in [-0.4, -0.2) is 4.57 Å². The molecule has 0 saturated carbocycles. The van der Waals surface area contributed by atoms with Crippen LogP contribution in [0.15, 0.2) is 267 Å². The van der Waals surface area contributed by atoms with Gasteiger partial charge in [0.25, 0.3) is 0 Å². The zero-order valence-corrected chi connectivity index (χ0v) is 70.1. The quantitative estimate of drug-likeness (QED) is 0.150. The molecular weight excluding hydrogens is 1350 g/mol. The molecule has 1 aromatic heterocycles. The molecule has 13 aromatic carbocycles. The normalized spacial score (nSPS) is 14.6. The summed E-state index contributed by atoms with van der Waals surface area (Å²) >= 11 is 0. The first kappa shape index (κ1) is 74.0. The van der Waals surface area contributed by atoms with Gasteiger partial charge in [0.05, 0.1) is 45.2 Å². The standard InChI is InChI=1S/C109H111N3/c1-103(2,3)74-45-36-67(37-46-74)84-32-26-33-85(68-38-47-75(48-39-68)104(4,5)6)101(84)111-94-57-44-73(98-82-30-24-22-28-71(82)60-72-29-23-25-31-83(72)98)61-91(94)99-88-56-55-81(110-92-58-53-78(107(13,14)15)62-89(92)90-63-79(108(16,17)18)54-59-93(90)110)66-95(88)112(97-65-80(109(19,20)21)64-96(111)100(97)99)102-86(69-40-49-76(50-41-69)105(7,8)9)34-27-35-87(102)70-42-51-77(52-43-70)106(10,11)12/h22-59,61-66,98-99H,60H2,1-21H3. The van der Waals surface area contributed by atoms with Crippen molar-refractivity contribution >= 4 is 55.9 Å². The van der Waals surface area contributed by atoms with E-state index in [9.17, 15) is 0 Å². The van der Waals surface area contributed by atoms with Crippen molar-refractivity contribution in [2.24, 2.45) is 0 Å². The summed E-state index contributed by atoms with van der Waals surface area (Å²) in [7, 11) is 0. The van der Waals surface area contributed by atoms with Crippen LogP contribution in [0.2, 0.25) is 0 Å². The Morgan fingerprint density at radius 2 is 0.607 bits per heavy atom. The molecule has 14 aromatic rings. The van der Waals surface area contributed by atoms with Gasteiger partial charge in [0.1, 0.15) is 0 Å². The predicted molar refractivity (Wildman–Crippen MR) is 480 cm³/mol. The number of hydrogen-bond acceptors (Lipinski definition) is 2. The number of nitrogens with zero attached hydrogens (tertiary/aromatic N) is 3. The van der Waals surface area contributed by atoms with Crippen molar-refractivity contribution in [2.75, 3.05) is 9.80 Å². The summed E-state index contributed by atoms with van der Waals surface area (Å²) in [5.74, 6) is -0.255. The van der Waals surface area contributed by atoms with Crippen molar-refractivity contribution in [1.29, 1.82) is 0 Å². The van der Waals surface area contributed by atoms with Crippen LogP contribution in [0.4, 0.5) is 34.1 Å². The van der Waals surface area contributed by atoms with E-state index >= 15 is 0 Å². The highest BCUT2D eigenvalue weighted by Crippen LogP contribution is 2.65. The lowest BCUT2D eigenvalue weighted by atomic mass is 9.71. The number of para-hydroxylation sites is 2. The van der Waals surface area contributed by atoms with Gasteiger partial charge in [-0.1, -0.05) is 358 Å². The second-order valence-corrected chi connectivity index (χ2v) is 39.9. The van der Waals surface area contributed by atoms with Crippen LogP contribution in [-0.2, 0) is 44.3 Å². The fourth-order valence-corrected chi connectivity index (χ4v) is 18.3. The average molecular weight is 1460 g/mol. The molecule has 0 radical (unpaired) electrons. The molecule has 0 saturated heterocycles. The van der Waals surface area contributed by atoms with Crippen molar-refractivity contribution < 1.29 is 0 Å². The largest absolute Gasteiger partial charge is 0.309 e. The molecule has 3 heterocycles. The molecule has 562 valence electrons. The summed E-state index contributed by atoms with van der Waals surface area (Å²) in [5.41, 5.74) is 39.0. The molecule has 2 aliphatic heterocycles. The maximum atomic E-state index is 2.77. The van der Waals surface area contributed by atoms with E-state index in [0.717, 1.165) is 29.2 Å². The smallest absolute Gasteiger partial charge is 0.0618 e. The van der Waals surface area contributed by atoms with Gasteiger partial charge >= 0.3 is 0 Å². The van der Waals surface area contributed by atoms with Gasteiger partial charge in [0.15, 0.2) is 0 Å². The summed E-state index contributed by atoms with van der Waals surface area (Å²) in [6.07, 6.45) is 0.905. The third-order valence-corrected chi connectivity index (χ3v) is 24.9. The van der Waals surface area contributed by atoms with Gasteiger partial charge < -0.3 is 14.4 Å². The molecular formula is C109H111N3. The van der Waals surface area contributed by atoms with E-state index < -0.39 is 0 Å². The molecule has 0 spiro atoms. The minimum Gasteiger partial charge on any atom is -0.309 e. The van der Waals surface area contributed by atoms with Gasteiger partial charge in [-0.25, -0.2) is 0 Å². The summed E-state index contributed by atoms with van der Waals surface area (Å²) in [6, 6.07) is 106. The monoisotopic (exact) mass is 1460 g/mol. The Morgan fingerprint density at radius 1 is 0.250 bits per heavy atom. The van der Waals surface area contributed by atoms with E-state index in [4.69, 9.17) is 0 Å². The number of rotatable bonds is 8. The SMILES string of the molecule is CC(C)(C)c1ccc(-c2cccc(-c3ccc(C(C)(C)C)cc3)c2N2c3ccc(C4c5ccccc5Cc5ccccc54)cc3C3c4ccc(-n5c6ccc(C(C)(C)C)cc6c6cc(C(C)(C)C)ccc65)cc4N(c4c(-c5ccc(C(C)(C)C)cc5)cccc4-c4ccc(C(C)(C)C)cc4)c4cc(C(C)(C)C)cc2c43)cc1. The van der Waals surface area contributed by atoms with E-state index in [0.29, 0.717) is 0 Å². The topological polar surface area (TPSA) is 11.4 Å². The maximum Gasteiger partial charge on any atom is 0.0618 e. The second kappa shape index (κ2) is 26.4. The highest BCUT2D eigenvalue weighted by Gasteiger charge is 2.45. The molecule has 0 amide bonds. The van der Waals surface area contributed by atoms with E-state index in [1.165, 1.54) is 167 Å². The van der Waals surface area contributed by atoms with E-state index in [1.807, 2.05) is 0 Å². The molecule has 17 rings (SSSR count). The van der Waals surface area contributed by atoms with Crippen molar-refractivity contribution in [3.8, 4) is 50.2 Å². The van der Waals surface area contributed by atoms with Crippen LogP contribution < -0.4 is 9.80 Å². The number of benzene rings is 13. The summed E-state index contributed by atoms with van der Waals surface area (Å²) < 4.78 is 2.59. The van der Waals surface area contributed by atoms with E-state index in [-0.39, 0.29) is 49.7 Å². The second-order valence-electron chi connectivity index (χ2n) is 39.9. The molecule has 3 aliphatic rings. The molecule has 1 unspecified atom stereocenters. The van der Waals surface area contributed by atoms with Crippen molar-refractivity contribution in [3.05, 3.63) is 350 Å². The Hall–Kier alpha value is -10.7. The van der Waals surface area contributed by atoms with E-state index in [1.54, 1.807) is 0 Å². The Morgan fingerprint density at radius 3 is 0.982 bits per heavy atom. The minimum absolute atomic E-state index is 0.00633. The molecule has 0 fully saturated rings. The van der Waals surface area contributed by atoms with Gasteiger partial charge in [0.2, 0.25) is 0 Å². The Balaban J connectivity index is 1.05. The van der Waals surface area contributed by atoms with Crippen LogP contribution in [0.25, 0.3) is 72.0 Å². The first-order chi connectivity index (χ1) is 53.0. The molecule has 3 nitrogen and oxygen atoms in total. The van der Waals surface area contributed by atoms with Crippen molar-refractivity contribution in [2.45, 2.75) is 202 Å². The van der Waals surface area contributed by atoms with Crippen LogP contribution in [0.5, 0.6) is 0 Å². The van der Waals surface area contributed by atoms with Crippen LogP contribution in [0, 0.1) is 0 Å². The lowest BCUT2D eigenvalue weighted by Crippen LogP contribution is -2.31. The maximum absolute atomic E-state index is 2.77. The summed E-state index contributed by atoms with van der Waals surface area (Å²) in [6.45, 7) is 49.2. The third-order valence-electron chi connectivity index (χ3n) is 24.9. The zero-order valence-electron chi connectivity index (χ0n) is 70.1. The van der Waals surface area contributed by atoms with Crippen LogP contribution >= 0.6 is 0 Å². The van der Waals surface area contributed by atoms with Gasteiger partial charge in [-0.2, -0.15) is 0 Å². The number of hydrogen-bond donors (Lipinski definition) is 0. The predicted octanol–water partition coefficient (Wildman–Crippen LogP) is 30.4.